The first-order valence-electron chi connectivity index (χ1n) is 6.27. The normalized spacial score (nSPS) is 16.4. The molecule has 0 aliphatic rings. The Labute approximate surface area is 113 Å². The molecule has 2 unspecified atom stereocenters. The molecule has 0 aliphatic heterocycles. The van der Waals surface area contributed by atoms with Crippen molar-refractivity contribution in [2.75, 3.05) is 27.2 Å². The van der Waals surface area contributed by atoms with E-state index in [1.54, 1.807) is 13.8 Å². The molecule has 0 saturated carbocycles. The van der Waals surface area contributed by atoms with Crippen LogP contribution in [0.2, 0.25) is 0 Å². The number of nitrogens with one attached hydrogen (secondary N) is 1. The third-order valence-electron chi connectivity index (χ3n) is 2.89. The molecule has 1 aromatic rings. The summed E-state index contributed by atoms with van der Waals surface area (Å²) in [5, 5.41) is 13.2. The number of benzene rings is 1. The predicted octanol–water partition coefficient (Wildman–Crippen LogP) is 1.93. The summed E-state index contributed by atoms with van der Waals surface area (Å²) >= 11 is 0. The van der Waals surface area contributed by atoms with Gasteiger partial charge in [-0.1, -0.05) is 12.1 Å². The fraction of sp³-hybridized carbons (Fsp3) is 0.571. The van der Waals surface area contributed by atoms with Crippen molar-refractivity contribution in [2.45, 2.75) is 25.5 Å². The molecule has 0 fully saturated rings. The second-order valence-electron chi connectivity index (χ2n) is 5.48. The molecule has 0 radical (unpaired) electrons. The average Bonchev–Trinajstić information content (AvgIpc) is 2.28. The molecule has 19 heavy (non-hydrogen) atoms. The number of nitrogens with zero attached hydrogens (tertiary/aromatic N) is 1. The van der Waals surface area contributed by atoms with Crippen LogP contribution in [0, 0.1) is 11.6 Å². The highest BCUT2D eigenvalue weighted by atomic mass is 19.2. The molecule has 0 amide bonds. The second-order valence-corrected chi connectivity index (χ2v) is 5.48. The maximum atomic E-state index is 13.6. The lowest BCUT2D eigenvalue weighted by atomic mass is 10.0. The van der Waals surface area contributed by atoms with Gasteiger partial charge in [-0.15, -0.1) is 0 Å². The number of likely N-dealkylation sites (N-methyl/N-ethyl adjacent to an activating group) is 1. The molecule has 0 bridgehead atoms. The Morgan fingerprint density at radius 3 is 2.58 bits per heavy atom. The summed E-state index contributed by atoms with van der Waals surface area (Å²) in [4.78, 5) is 1.87. The summed E-state index contributed by atoms with van der Waals surface area (Å²) in [6, 6.07) is 3.73. The fourth-order valence-electron chi connectivity index (χ4n) is 2.07. The van der Waals surface area contributed by atoms with Crippen LogP contribution in [0.25, 0.3) is 0 Å². The minimum absolute atomic E-state index is 0.264. The third-order valence-corrected chi connectivity index (χ3v) is 2.89. The van der Waals surface area contributed by atoms with E-state index in [1.807, 2.05) is 19.0 Å². The van der Waals surface area contributed by atoms with Crippen LogP contribution in [0.3, 0.4) is 0 Å². The lowest BCUT2D eigenvalue weighted by Crippen LogP contribution is -2.46. The van der Waals surface area contributed by atoms with Crippen molar-refractivity contribution >= 4 is 0 Å². The second kappa shape index (κ2) is 6.41. The van der Waals surface area contributed by atoms with Crippen LogP contribution < -0.4 is 5.32 Å². The molecular weight excluding hydrogens is 250 g/mol. The summed E-state index contributed by atoms with van der Waals surface area (Å²) in [5.74, 6) is -1.69. The zero-order valence-corrected chi connectivity index (χ0v) is 11.9. The minimum Gasteiger partial charge on any atom is -0.388 e. The average molecular weight is 272 g/mol. The van der Waals surface area contributed by atoms with Crippen molar-refractivity contribution in [3.05, 3.63) is 35.4 Å². The molecule has 108 valence electrons. The van der Waals surface area contributed by atoms with Gasteiger partial charge in [-0.3, -0.25) is 0 Å². The Morgan fingerprint density at radius 2 is 2.00 bits per heavy atom. The van der Waals surface area contributed by atoms with E-state index in [2.05, 4.69) is 5.32 Å². The van der Waals surface area contributed by atoms with Crippen LogP contribution in [0.5, 0.6) is 0 Å². The van der Waals surface area contributed by atoms with Crippen molar-refractivity contribution in [3.8, 4) is 0 Å². The van der Waals surface area contributed by atoms with Gasteiger partial charge in [0.2, 0.25) is 0 Å². The summed E-state index contributed by atoms with van der Waals surface area (Å²) in [6.45, 7) is 4.22. The number of hydrogen-bond acceptors (Lipinski definition) is 3. The van der Waals surface area contributed by atoms with Gasteiger partial charge < -0.3 is 15.3 Å². The van der Waals surface area contributed by atoms with Crippen LogP contribution >= 0.6 is 0 Å². The van der Waals surface area contributed by atoms with Crippen LogP contribution in [0.1, 0.15) is 25.5 Å². The van der Waals surface area contributed by atoms with Crippen molar-refractivity contribution in [1.29, 1.82) is 0 Å². The predicted molar refractivity (Wildman–Crippen MR) is 72.0 cm³/mol. The molecule has 0 spiro atoms. The fourth-order valence-corrected chi connectivity index (χ4v) is 2.07. The van der Waals surface area contributed by atoms with E-state index in [0.29, 0.717) is 13.1 Å². The lowest BCUT2D eigenvalue weighted by molar-refractivity contribution is 0.0316. The standard InChI is InChI=1S/C14H22F2N2O/c1-10(11-6-5-7-12(15)13(11)16)17-8-14(2,19)9-18(3)4/h5-7,10,17,19H,8-9H2,1-4H3. The van der Waals surface area contributed by atoms with E-state index in [1.165, 1.54) is 12.1 Å². The van der Waals surface area contributed by atoms with Gasteiger partial charge in [0.1, 0.15) is 0 Å². The van der Waals surface area contributed by atoms with Gasteiger partial charge in [-0.05, 0) is 34.0 Å². The maximum Gasteiger partial charge on any atom is 0.163 e. The molecule has 1 aromatic carbocycles. The summed E-state index contributed by atoms with van der Waals surface area (Å²) < 4.78 is 26.7. The minimum atomic E-state index is -0.929. The highest BCUT2D eigenvalue weighted by Gasteiger charge is 2.23. The molecule has 0 saturated heterocycles. The molecule has 0 aliphatic carbocycles. The first-order chi connectivity index (χ1) is 8.73. The van der Waals surface area contributed by atoms with Gasteiger partial charge in [-0.25, -0.2) is 8.78 Å². The molecule has 3 nitrogen and oxygen atoms in total. The van der Waals surface area contributed by atoms with Gasteiger partial charge in [0, 0.05) is 24.7 Å². The zero-order valence-electron chi connectivity index (χ0n) is 11.9. The maximum absolute atomic E-state index is 13.6. The Kier molecular flexibility index (Phi) is 5.40. The number of aliphatic hydroxyl groups is 1. The highest BCUT2D eigenvalue weighted by Crippen LogP contribution is 2.19. The van der Waals surface area contributed by atoms with Crippen molar-refractivity contribution in [3.63, 3.8) is 0 Å². The molecule has 1 rings (SSSR count). The van der Waals surface area contributed by atoms with E-state index < -0.39 is 17.2 Å². The smallest absolute Gasteiger partial charge is 0.163 e. The van der Waals surface area contributed by atoms with Gasteiger partial charge in [0.15, 0.2) is 11.6 Å². The monoisotopic (exact) mass is 272 g/mol. The van der Waals surface area contributed by atoms with Crippen LogP contribution in [-0.2, 0) is 0 Å². The van der Waals surface area contributed by atoms with E-state index in [-0.39, 0.29) is 11.6 Å². The van der Waals surface area contributed by atoms with Crippen LogP contribution in [-0.4, -0.2) is 42.8 Å². The Morgan fingerprint density at radius 1 is 1.37 bits per heavy atom. The number of rotatable bonds is 6. The molecule has 0 aromatic heterocycles. The van der Waals surface area contributed by atoms with Crippen molar-refractivity contribution in [2.24, 2.45) is 0 Å². The SMILES string of the molecule is CC(NCC(C)(O)CN(C)C)c1cccc(F)c1F. The first-order valence-corrected chi connectivity index (χ1v) is 6.27. The van der Waals surface area contributed by atoms with Crippen LogP contribution in [0.4, 0.5) is 8.78 Å². The Bertz CT molecular complexity index is 422. The third kappa shape index (κ3) is 4.86. The number of hydrogen-bond donors (Lipinski definition) is 2. The molecular formula is C14H22F2N2O. The van der Waals surface area contributed by atoms with Gasteiger partial charge in [0.05, 0.1) is 5.60 Å². The van der Waals surface area contributed by atoms with E-state index in [0.717, 1.165) is 6.07 Å². The van der Waals surface area contributed by atoms with Crippen molar-refractivity contribution < 1.29 is 13.9 Å². The Hall–Kier alpha value is -1.04. The lowest BCUT2D eigenvalue weighted by Gasteiger charge is -2.29. The largest absolute Gasteiger partial charge is 0.388 e. The molecule has 2 N–H and O–H groups in total. The molecule has 2 atom stereocenters. The molecule has 0 heterocycles. The topological polar surface area (TPSA) is 35.5 Å². The first kappa shape index (κ1) is 16.0. The van der Waals surface area contributed by atoms with Gasteiger partial charge in [-0.2, -0.15) is 0 Å². The summed E-state index contributed by atoms with van der Waals surface area (Å²) in [6.07, 6.45) is 0. The van der Waals surface area contributed by atoms with Crippen LogP contribution in [0.15, 0.2) is 18.2 Å². The highest BCUT2D eigenvalue weighted by molar-refractivity contribution is 5.22. The van der Waals surface area contributed by atoms with Gasteiger partial charge >= 0.3 is 0 Å². The summed E-state index contributed by atoms with van der Waals surface area (Å²) in [5.41, 5.74) is -0.665. The Balaban J connectivity index is 2.65. The number of halogens is 2. The van der Waals surface area contributed by atoms with E-state index >= 15 is 0 Å². The zero-order chi connectivity index (χ0) is 14.6. The van der Waals surface area contributed by atoms with Crippen molar-refractivity contribution in [1.82, 2.24) is 10.2 Å². The molecule has 5 heteroatoms. The quantitative estimate of drug-likeness (QED) is 0.830. The summed E-state index contributed by atoms with van der Waals surface area (Å²) in [7, 11) is 3.73. The van der Waals surface area contributed by atoms with E-state index in [4.69, 9.17) is 0 Å². The van der Waals surface area contributed by atoms with E-state index in [9.17, 15) is 13.9 Å². The van der Waals surface area contributed by atoms with Gasteiger partial charge in [0.25, 0.3) is 0 Å².